The zero-order chi connectivity index (χ0) is 17.4. The van der Waals surface area contributed by atoms with Crippen molar-refractivity contribution in [1.82, 2.24) is 10.9 Å². The molecule has 0 saturated heterocycles. The van der Waals surface area contributed by atoms with Gasteiger partial charge in [-0.05, 0) is 19.4 Å². The van der Waals surface area contributed by atoms with Crippen LogP contribution in [0, 0.1) is 22.0 Å². The number of non-ortho nitro benzene ring substituents is 1. The minimum absolute atomic E-state index is 0.0555. The van der Waals surface area contributed by atoms with Crippen LogP contribution in [-0.2, 0) is 9.59 Å². The van der Waals surface area contributed by atoms with Crippen molar-refractivity contribution in [2.75, 3.05) is 0 Å². The zero-order valence-electron chi connectivity index (χ0n) is 13.0. The van der Waals surface area contributed by atoms with Crippen LogP contribution in [0.3, 0.4) is 0 Å². The van der Waals surface area contributed by atoms with Crippen LogP contribution in [0.4, 0.5) is 5.69 Å². The lowest BCUT2D eigenvalue weighted by Gasteiger charge is -2.26. The molecule has 1 aromatic rings. The Morgan fingerprint density at radius 3 is 1.79 bits per heavy atom. The Morgan fingerprint density at radius 1 is 1.00 bits per heavy atom. The molecule has 2 unspecified atom stereocenters. The van der Waals surface area contributed by atoms with Crippen LogP contribution in [0.1, 0.15) is 25.3 Å². The first-order chi connectivity index (χ1) is 11.4. The third-order valence-electron chi connectivity index (χ3n) is 4.36. The third kappa shape index (κ3) is 2.53. The Balaban J connectivity index is 2.07. The van der Waals surface area contributed by atoms with Crippen molar-refractivity contribution in [3.05, 3.63) is 39.9 Å². The Morgan fingerprint density at radius 2 is 1.46 bits per heavy atom. The Hall–Kier alpha value is -3.10. The van der Waals surface area contributed by atoms with E-state index in [0.717, 1.165) is 0 Å². The van der Waals surface area contributed by atoms with E-state index < -0.39 is 22.7 Å². The average molecular weight is 329 g/mol. The van der Waals surface area contributed by atoms with Gasteiger partial charge in [-0.25, -0.2) is 10.9 Å². The first-order valence-corrected chi connectivity index (χ1v) is 7.32. The maximum Gasteiger partial charge on any atom is 0.269 e. The van der Waals surface area contributed by atoms with E-state index in [2.05, 4.69) is 21.1 Å². The van der Waals surface area contributed by atoms with Crippen molar-refractivity contribution in [1.29, 1.82) is 0 Å². The van der Waals surface area contributed by atoms with Gasteiger partial charge in [0, 0.05) is 29.5 Å². The summed E-state index contributed by atoms with van der Waals surface area (Å²) in [5.74, 6) is -2.41. The monoisotopic (exact) mass is 329 g/mol. The van der Waals surface area contributed by atoms with Crippen LogP contribution in [0.15, 0.2) is 34.5 Å². The molecule has 2 aliphatic rings. The molecule has 2 N–H and O–H groups in total. The second-order valence-corrected chi connectivity index (χ2v) is 5.79. The van der Waals surface area contributed by atoms with E-state index in [1.807, 2.05) is 0 Å². The minimum atomic E-state index is -0.634. The molecule has 24 heavy (non-hydrogen) atoms. The average Bonchev–Trinajstić information content (AvgIpc) is 3.05. The minimum Gasteiger partial charge on any atom is -0.272 e. The van der Waals surface area contributed by atoms with Crippen LogP contribution in [0.2, 0.25) is 0 Å². The highest BCUT2D eigenvalue weighted by Gasteiger charge is 2.45. The lowest BCUT2D eigenvalue weighted by atomic mass is 9.73. The topological polar surface area (TPSA) is 126 Å². The number of carbonyl (C=O) groups is 2. The van der Waals surface area contributed by atoms with Gasteiger partial charge in [0.15, 0.2) is 0 Å². The van der Waals surface area contributed by atoms with Gasteiger partial charge in [-0.1, -0.05) is 12.1 Å². The molecule has 2 aliphatic heterocycles. The summed E-state index contributed by atoms with van der Waals surface area (Å²) in [7, 11) is 0. The number of rotatable bonds is 4. The molecule has 2 atom stereocenters. The van der Waals surface area contributed by atoms with Crippen LogP contribution >= 0.6 is 0 Å². The van der Waals surface area contributed by atoms with Gasteiger partial charge in [-0.15, -0.1) is 0 Å². The predicted octanol–water partition coefficient (Wildman–Crippen LogP) is 0.922. The smallest absolute Gasteiger partial charge is 0.269 e. The molecule has 3 rings (SSSR count). The summed E-state index contributed by atoms with van der Waals surface area (Å²) in [6, 6.07) is 5.86. The number of nitrogens with one attached hydrogen (secondary N) is 2. The van der Waals surface area contributed by atoms with Gasteiger partial charge >= 0.3 is 0 Å². The molecule has 0 radical (unpaired) electrons. The summed E-state index contributed by atoms with van der Waals surface area (Å²) in [5, 5.41) is 18.7. The summed E-state index contributed by atoms with van der Waals surface area (Å²) >= 11 is 0. The molecule has 0 spiro atoms. The number of nitrogens with zero attached hydrogens (tertiary/aromatic N) is 3. The van der Waals surface area contributed by atoms with Crippen LogP contribution in [0.5, 0.6) is 0 Å². The highest BCUT2D eigenvalue weighted by atomic mass is 16.6. The number of amides is 2. The van der Waals surface area contributed by atoms with Crippen molar-refractivity contribution in [2.45, 2.75) is 19.8 Å². The Kier molecular flexibility index (Phi) is 3.84. The zero-order valence-corrected chi connectivity index (χ0v) is 13.0. The lowest BCUT2D eigenvalue weighted by molar-refractivity contribution is -0.384. The second-order valence-electron chi connectivity index (χ2n) is 5.79. The maximum absolute atomic E-state index is 12.2. The molecule has 9 heteroatoms. The van der Waals surface area contributed by atoms with Crippen molar-refractivity contribution in [3.63, 3.8) is 0 Å². The van der Waals surface area contributed by atoms with E-state index in [1.54, 1.807) is 26.0 Å². The van der Waals surface area contributed by atoms with Crippen molar-refractivity contribution in [2.24, 2.45) is 22.0 Å². The number of nitro benzene ring substituents is 1. The number of carbonyl (C=O) groups excluding carboxylic acids is 2. The fourth-order valence-electron chi connectivity index (χ4n) is 3.19. The highest BCUT2D eigenvalue weighted by molar-refractivity contribution is 6.12. The normalized spacial score (nSPS) is 24.1. The van der Waals surface area contributed by atoms with Crippen molar-refractivity contribution >= 4 is 28.9 Å². The number of nitro groups is 1. The summed E-state index contributed by atoms with van der Waals surface area (Å²) in [5.41, 5.74) is 6.57. The van der Waals surface area contributed by atoms with E-state index in [0.29, 0.717) is 17.0 Å². The highest BCUT2D eigenvalue weighted by Crippen LogP contribution is 2.38. The van der Waals surface area contributed by atoms with Gasteiger partial charge in [-0.3, -0.25) is 19.7 Å². The molecular formula is C15H15N5O4. The molecule has 2 heterocycles. The molecule has 124 valence electrons. The Labute approximate surface area is 137 Å². The number of hydrogen-bond donors (Lipinski definition) is 2. The molecule has 0 saturated carbocycles. The Bertz CT molecular complexity index is 746. The first kappa shape index (κ1) is 15.8. The van der Waals surface area contributed by atoms with Gasteiger partial charge in [0.1, 0.15) is 0 Å². The molecule has 0 bridgehead atoms. The standard InChI is InChI=1S/C15H15N5O4/c1-7-11(14(21)18-16-7)13(12-8(2)17-19-15(12)22)9-3-5-10(6-4-9)20(23)24/h3-6,11-13H,1-2H3,(H,18,21)(H,19,22). The summed E-state index contributed by atoms with van der Waals surface area (Å²) in [4.78, 5) is 34.8. The third-order valence-corrected chi connectivity index (χ3v) is 4.36. The fraction of sp³-hybridized carbons (Fsp3) is 0.333. The molecule has 0 aliphatic carbocycles. The molecule has 0 fully saturated rings. The van der Waals surface area contributed by atoms with Gasteiger partial charge in [0.2, 0.25) is 11.8 Å². The number of benzene rings is 1. The maximum atomic E-state index is 12.2. The molecule has 1 aromatic carbocycles. The van der Waals surface area contributed by atoms with Gasteiger partial charge in [-0.2, -0.15) is 10.2 Å². The molecule has 2 amide bonds. The van der Waals surface area contributed by atoms with Crippen LogP contribution in [0.25, 0.3) is 0 Å². The fourth-order valence-corrected chi connectivity index (χ4v) is 3.19. The van der Waals surface area contributed by atoms with E-state index in [1.165, 1.54) is 12.1 Å². The van der Waals surface area contributed by atoms with E-state index in [-0.39, 0.29) is 17.5 Å². The predicted molar refractivity (Wildman–Crippen MR) is 85.3 cm³/mol. The first-order valence-electron chi connectivity index (χ1n) is 7.32. The summed E-state index contributed by atoms with van der Waals surface area (Å²) < 4.78 is 0. The summed E-state index contributed by atoms with van der Waals surface area (Å²) in [6.45, 7) is 3.42. The number of hydrogen-bond acceptors (Lipinski definition) is 6. The van der Waals surface area contributed by atoms with Gasteiger partial charge in [0.25, 0.3) is 5.69 Å². The SMILES string of the molecule is CC1=NNC(=O)C1C(c1ccc([N+](=O)[O-])cc1)C1C(=O)NN=C1C. The molecule has 9 nitrogen and oxygen atoms in total. The van der Waals surface area contributed by atoms with E-state index in [9.17, 15) is 19.7 Å². The van der Waals surface area contributed by atoms with E-state index in [4.69, 9.17) is 0 Å². The van der Waals surface area contributed by atoms with Gasteiger partial charge < -0.3 is 0 Å². The van der Waals surface area contributed by atoms with Crippen LogP contribution in [-0.4, -0.2) is 28.2 Å². The molecular weight excluding hydrogens is 314 g/mol. The number of hydrazone groups is 2. The quantitative estimate of drug-likeness (QED) is 0.629. The second kappa shape index (κ2) is 5.84. The lowest BCUT2D eigenvalue weighted by Crippen LogP contribution is -2.38. The van der Waals surface area contributed by atoms with Gasteiger partial charge in [0.05, 0.1) is 16.8 Å². The summed E-state index contributed by atoms with van der Waals surface area (Å²) in [6.07, 6.45) is 0. The molecule has 0 aromatic heterocycles. The van der Waals surface area contributed by atoms with Crippen LogP contribution < -0.4 is 10.9 Å². The largest absolute Gasteiger partial charge is 0.272 e. The van der Waals surface area contributed by atoms with Crippen molar-refractivity contribution < 1.29 is 14.5 Å². The van der Waals surface area contributed by atoms with Crippen molar-refractivity contribution in [3.8, 4) is 0 Å². The van der Waals surface area contributed by atoms with E-state index >= 15 is 0 Å².